The fourth-order valence-electron chi connectivity index (χ4n) is 1.82. The molecule has 2 heterocycles. The zero-order valence-electron chi connectivity index (χ0n) is 10.3. The molecule has 0 saturated carbocycles. The summed E-state index contributed by atoms with van der Waals surface area (Å²) in [7, 11) is 1.30. The summed E-state index contributed by atoms with van der Waals surface area (Å²) in [4.78, 5) is 15.8. The van der Waals surface area contributed by atoms with Crippen LogP contribution in [-0.2, 0) is 11.2 Å². The van der Waals surface area contributed by atoms with Crippen molar-refractivity contribution in [3.63, 3.8) is 0 Å². The number of carbonyl (C=O) groups is 1. The highest BCUT2D eigenvalue weighted by molar-refractivity contribution is 5.95. The first-order valence-corrected chi connectivity index (χ1v) is 5.55. The van der Waals surface area contributed by atoms with Crippen molar-refractivity contribution in [3.8, 4) is 0 Å². The minimum atomic E-state index is -0.553. The smallest absolute Gasteiger partial charge is 0.358 e. The molecule has 0 aliphatic carbocycles. The normalized spacial score (nSPS) is 12.6. The van der Waals surface area contributed by atoms with Gasteiger partial charge >= 0.3 is 5.97 Å². The van der Waals surface area contributed by atoms with Gasteiger partial charge in [0.15, 0.2) is 5.69 Å². The maximum Gasteiger partial charge on any atom is 0.358 e. The summed E-state index contributed by atoms with van der Waals surface area (Å²) >= 11 is 0. The zero-order valence-corrected chi connectivity index (χ0v) is 10.3. The number of aliphatic hydroxyl groups is 1. The van der Waals surface area contributed by atoms with Gasteiger partial charge in [-0.25, -0.2) is 9.78 Å². The van der Waals surface area contributed by atoms with Crippen molar-refractivity contribution < 1.29 is 14.6 Å². The molecular formula is C12H15N3O3. The van der Waals surface area contributed by atoms with Crippen LogP contribution in [0.2, 0.25) is 0 Å². The summed E-state index contributed by atoms with van der Waals surface area (Å²) in [5.41, 5.74) is 7.12. The topological polar surface area (TPSA) is 89.8 Å². The molecule has 0 bridgehead atoms. The molecule has 0 spiro atoms. The zero-order chi connectivity index (χ0) is 13.3. The number of imidazole rings is 1. The van der Waals surface area contributed by atoms with Crippen LogP contribution in [0.5, 0.6) is 0 Å². The van der Waals surface area contributed by atoms with Crippen LogP contribution < -0.4 is 5.73 Å². The number of esters is 1. The summed E-state index contributed by atoms with van der Waals surface area (Å²) in [5.74, 6) is 0.0711. The van der Waals surface area contributed by atoms with Crippen LogP contribution in [0.1, 0.15) is 23.2 Å². The Labute approximate surface area is 104 Å². The number of pyridine rings is 1. The fourth-order valence-corrected chi connectivity index (χ4v) is 1.82. The van der Waals surface area contributed by atoms with Gasteiger partial charge in [0.25, 0.3) is 0 Å². The van der Waals surface area contributed by atoms with E-state index in [-0.39, 0.29) is 5.69 Å². The van der Waals surface area contributed by atoms with Gasteiger partial charge in [-0.15, -0.1) is 0 Å². The molecule has 96 valence electrons. The Balaban J connectivity index is 2.63. The van der Waals surface area contributed by atoms with Crippen LogP contribution in [-0.4, -0.2) is 33.7 Å². The van der Waals surface area contributed by atoms with Crippen LogP contribution in [0.25, 0.3) is 5.52 Å². The Kier molecular flexibility index (Phi) is 3.20. The highest BCUT2D eigenvalue weighted by Gasteiger charge is 2.18. The average Bonchev–Trinajstić information content (AvgIpc) is 2.66. The third kappa shape index (κ3) is 2.14. The van der Waals surface area contributed by atoms with E-state index in [4.69, 9.17) is 5.73 Å². The van der Waals surface area contributed by atoms with Crippen LogP contribution in [0.4, 0.5) is 5.69 Å². The van der Waals surface area contributed by atoms with E-state index in [9.17, 15) is 9.90 Å². The molecular weight excluding hydrogens is 234 g/mol. The monoisotopic (exact) mass is 249 g/mol. The standard InChI is InChI=1S/C12H15N3O3/c1-7(16)5-10-14-11(12(17)18-2)9-4-3-8(13)6-15(9)10/h3-4,6-7,16H,5,13H2,1-2H3. The number of hydrogen-bond acceptors (Lipinski definition) is 5. The molecule has 0 amide bonds. The summed E-state index contributed by atoms with van der Waals surface area (Å²) in [6.07, 6.45) is 1.45. The molecule has 1 unspecified atom stereocenters. The van der Waals surface area contributed by atoms with Gasteiger partial charge in [0.1, 0.15) is 5.82 Å². The molecule has 0 aliphatic heterocycles. The maximum absolute atomic E-state index is 11.6. The number of aliphatic hydroxyl groups excluding tert-OH is 1. The van der Waals surface area contributed by atoms with Gasteiger partial charge in [-0.05, 0) is 19.1 Å². The number of methoxy groups -OCH3 is 1. The minimum absolute atomic E-state index is 0.230. The SMILES string of the molecule is COC(=O)c1nc(CC(C)O)n2cc(N)ccc12. The summed E-state index contributed by atoms with van der Waals surface area (Å²) in [6.45, 7) is 1.66. The van der Waals surface area contributed by atoms with Gasteiger partial charge in [0.05, 0.1) is 18.7 Å². The molecule has 6 nitrogen and oxygen atoms in total. The lowest BCUT2D eigenvalue weighted by molar-refractivity contribution is 0.0596. The number of nitrogens with two attached hydrogens (primary N) is 1. The van der Waals surface area contributed by atoms with Gasteiger partial charge in [-0.3, -0.25) is 0 Å². The Morgan fingerprint density at radius 2 is 2.33 bits per heavy atom. The van der Waals surface area contributed by atoms with Crippen molar-refractivity contribution in [3.05, 3.63) is 29.8 Å². The van der Waals surface area contributed by atoms with Gasteiger partial charge in [-0.2, -0.15) is 0 Å². The van der Waals surface area contributed by atoms with E-state index in [1.165, 1.54) is 7.11 Å². The molecule has 0 saturated heterocycles. The second-order valence-corrected chi connectivity index (χ2v) is 4.14. The number of nitrogens with zero attached hydrogens (tertiary/aromatic N) is 2. The van der Waals surface area contributed by atoms with Crippen molar-refractivity contribution in [2.24, 2.45) is 0 Å². The van der Waals surface area contributed by atoms with E-state index in [1.807, 2.05) is 0 Å². The molecule has 0 fully saturated rings. The second-order valence-electron chi connectivity index (χ2n) is 4.14. The van der Waals surface area contributed by atoms with E-state index in [1.54, 1.807) is 29.7 Å². The van der Waals surface area contributed by atoms with Crippen molar-refractivity contribution >= 4 is 17.2 Å². The third-order valence-electron chi connectivity index (χ3n) is 2.59. The third-order valence-corrected chi connectivity index (χ3v) is 2.59. The first-order valence-electron chi connectivity index (χ1n) is 5.55. The molecule has 2 rings (SSSR count). The van der Waals surface area contributed by atoms with Crippen molar-refractivity contribution in [2.75, 3.05) is 12.8 Å². The number of rotatable bonds is 3. The summed E-state index contributed by atoms with van der Waals surface area (Å²) in [6, 6.07) is 3.40. The van der Waals surface area contributed by atoms with Gasteiger partial charge < -0.3 is 20.0 Å². The molecule has 6 heteroatoms. The van der Waals surface area contributed by atoms with Crippen molar-refractivity contribution in [2.45, 2.75) is 19.4 Å². The van der Waals surface area contributed by atoms with Gasteiger partial charge in [0, 0.05) is 18.3 Å². The lowest BCUT2D eigenvalue weighted by Gasteiger charge is -2.04. The van der Waals surface area contributed by atoms with E-state index < -0.39 is 12.1 Å². The van der Waals surface area contributed by atoms with Gasteiger partial charge in [0.2, 0.25) is 0 Å². The molecule has 2 aromatic heterocycles. The van der Waals surface area contributed by atoms with Gasteiger partial charge in [-0.1, -0.05) is 0 Å². The largest absolute Gasteiger partial charge is 0.464 e. The van der Waals surface area contributed by atoms with Crippen molar-refractivity contribution in [1.82, 2.24) is 9.38 Å². The molecule has 3 N–H and O–H groups in total. The molecule has 18 heavy (non-hydrogen) atoms. The van der Waals surface area contributed by atoms with E-state index >= 15 is 0 Å². The average molecular weight is 249 g/mol. The Morgan fingerprint density at radius 1 is 1.61 bits per heavy atom. The predicted octanol–water partition coefficient (Wildman–Crippen LogP) is 0.626. The quantitative estimate of drug-likeness (QED) is 0.778. The molecule has 1 atom stereocenters. The number of carbonyl (C=O) groups excluding carboxylic acids is 1. The summed E-state index contributed by atoms with van der Waals surface area (Å²) in [5, 5.41) is 9.44. The number of nitrogen functional groups attached to an aromatic ring is 1. The van der Waals surface area contributed by atoms with Crippen LogP contribution in [0, 0.1) is 0 Å². The first-order chi connectivity index (χ1) is 8.52. The Bertz CT molecular complexity index is 590. The van der Waals surface area contributed by atoms with Crippen LogP contribution in [0.3, 0.4) is 0 Å². The van der Waals surface area contributed by atoms with E-state index in [2.05, 4.69) is 9.72 Å². The second kappa shape index (κ2) is 4.66. The number of hydrogen-bond donors (Lipinski definition) is 2. The fraction of sp³-hybridized carbons (Fsp3) is 0.333. The lowest BCUT2D eigenvalue weighted by Crippen LogP contribution is -2.08. The van der Waals surface area contributed by atoms with E-state index in [0.717, 1.165) is 0 Å². The van der Waals surface area contributed by atoms with Crippen LogP contribution in [0.15, 0.2) is 18.3 Å². The first kappa shape index (κ1) is 12.4. The molecule has 0 aliphatic rings. The number of fused-ring (bicyclic) bond motifs is 1. The number of ether oxygens (including phenoxy) is 1. The molecule has 0 radical (unpaired) electrons. The van der Waals surface area contributed by atoms with E-state index in [0.29, 0.717) is 23.4 Å². The number of anilines is 1. The van der Waals surface area contributed by atoms with Crippen LogP contribution >= 0.6 is 0 Å². The minimum Gasteiger partial charge on any atom is -0.464 e. The highest BCUT2D eigenvalue weighted by atomic mass is 16.5. The molecule has 0 aromatic carbocycles. The summed E-state index contributed by atoms with van der Waals surface area (Å²) < 4.78 is 6.39. The van der Waals surface area contributed by atoms with Crippen molar-refractivity contribution in [1.29, 1.82) is 0 Å². The maximum atomic E-state index is 11.6. The highest BCUT2D eigenvalue weighted by Crippen LogP contribution is 2.17. The number of aromatic nitrogens is 2. The Morgan fingerprint density at radius 3 is 2.94 bits per heavy atom. The predicted molar refractivity (Wildman–Crippen MR) is 66.3 cm³/mol. The lowest BCUT2D eigenvalue weighted by atomic mass is 10.3. The Hall–Kier alpha value is -2.08. The molecule has 2 aromatic rings.